The maximum absolute atomic E-state index is 14.4. The normalized spacial score (nSPS) is 15.8. The smallest absolute Gasteiger partial charge is 0.227 e. The molecule has 0 fully saturated rings. The Morgan fingerprint density at radius 3 is 2.31 bits per heavy atom. The van der Waals surface area contributed by atoms with Crippen molar-refractivity contribution in [3.05, 3.63) is 59.2 Å². The van der Waals surface area contributed by atoms with Crippen molar-refractivity contribution in [2.75, 3.05) is 38.2 Å². The summed E-state index contributed by atoms with van der Waals surface area (Å²) in [5.74, 6) is -1.68. The maximum Gasteiger partial charge on any atom is 0.227 e. The molecule has 2 amide bonds. The van der Waals surface area contributed by atoms with Crippen molar-refractivity contribution in [2.24, 2.45) is 0 Å². The number of hydrogen-bond acceptors (Lipinski definition) is 4. The van der Waals surface area contributed by atoms with E-state index >= 15 is 0 Å². The van der Waals surface area contributed by atoms with Crippen molar-refractivity contribution >= 4 is 17.5 Å². The van der Waals surface area contributed by atoms with Crippen LogP contribution in [0.3, 0.4) is 0 Å². The number of carbonyl (C=O) groups excluding carboxylic acids is 2. The number of para-hydroxylation sites is 1. The lowest BCUT2D eigenvalue weighted by Gasteiger charge is -2.33. The van der Waals surface area contributed by atoms with E-state index in [1.807, 2.05) is 18.2 Å². The number of fused-ring (bicyclic) bond motifs is 1. The number of anilines is 1. The third-order valence-electron chi connectivity index (χ3n) is 6.69. The van der Waals surface area contributed by atoms with Gasteiger partial charge in [0.25, 0.3) is 0 Å². The fourth-order valence-electron chi connectivity index (χ4n) is 4.67. The number of amides is 2. The zero-order valence-electron chi connectivity index (χ0n) is 21.7. The van der Waals surface area contributed by atoms with Crippen LogP contribution in [0.1, 0.15) is 51.2 Å². The Balaban J connectivity index is 2.01. The van der Waals surface area contributed by atoms with Crippen LogP contribution < -0.4 is 9.64 Å². The van der Waals surface area contributed by atoms with Crippen LogP contribution >= 0.6 is 0 Å². The van der Waals surface area contributed by atoms with Crippen molar-refractivity contribution in [2.45, 2.75) is 59.0 Å². The van der Waals surface area contributed by atoms with Gasteiger partial charge in [0, 0.05) is 56.8 Å². The highest BCUT2D eigenvalue weighted by atomic mass is 19.2. The van der Waals surface area contributed by atoms with Crippen LogP contribution in [0.4, 0.5) is 14.5 Å². The number of ether oxygens (including phenoxy) is 1. The van der Waals surface area contributed by atoms with Gasteiger partial charge >= 0.3 is 0 Å². The van der Waals surface area contributed by atoms with Crippen LogP contribution in [0.15, 0.2) is 36.4 Å². The zero-order valence-corrected chi connectivity index (χ0v) is 21.7. The van der Waals surface area contributed by atoms with Crippen molar-refractivity contribution in [1.29, 1.82) is 0 Å². The fourth-order valence-corrected chi connectivity index (χ4v) is 4.67. The first-order valence-electron chi connectivity index (χ1n) is 12.7. The number of halogens is 2. The lowest BCUT2D eigenvalue weighted by atomic mass is 10.1. The minimum atomic E-state index is -1.01. The molecule has 0 atom stereocenters. The van der Waals surface area contributed by atoms with Gasteiger partial charge in [-0.15, -0.1) is 0 Å². The van der Waals surface area contributed by atoms with E-state index in [9.17, 15) is 18.4 Å². The van der Waals surface area contributed by atoms with E-state index in [2.05, 4.69) is 18.7 Å². The lowest BCUT2D eigenvalue weighted by molar-refractivity contribution is -0.131. The summed E-state index contributed by atoms with van der Waals surface area (Å²) in [6, 6.07) is 9.86. The maximum atomic E-state index is 14.4. The van der Waals surface area contributed by atoms with Gasteiger partial charge in [0.2, 0.25) is 11.8 Å². The highest BCUT2D eigenvalue weighted by Crippen LogP contribution is 2.28. The van der Waals surface area contributed by atoms with E-state index in [1.165, 1.54) is 0 Å². The van der Waals surface area contributed by atoms with E-state index in [0.29, 0.717) is 42.6 Å². The minimum Gasteiger partial charge on any atom is -0.496 e. The van der Waals surface area contributed by atoms with Crippen LogP contribution in [0.5, 0.6) is 5.75 Å². The Kier molecular flexibility index (Phi) is 9.81. The highest BCUT2D eigenvalue weighted by molar-refractivity contribution is 5.94. The molecular formula is C28H37F2N3O3. The van der Waals surface area contributed by atoms with E-state index in [1.54, 1.807) is 29.9 Å². The largest absolute Gasteiger partial charge is 0.496 e. The molecule has 2 aromatic rings. The first-order chi connectivity index (χ1) is 17.2. The third kappa shape index (κ3) is 6.81. The average Bonchev–Trinajstić information content (AvgIpc) is 2.85. The van der Waals surface area contributed by atoms with Gasteiger partial charge in [-0.05, 0) is 44.4 Å². The number of benzene rings is 2. The van der Waals surface area contributed by atoms with Crippen LogP contribution in [0.25, 0.3) is 0 Å². The summed E-state index contributed by atoms with van der Waals surface area (Å²) in [6.45, 7) is 8.48. The number of nitrogens with zero attached hydrogens (tertiary/aromatic N) is 3. The third-order valence-corrected chi connectivity index (χ3v) is 6.69. The first kappa shape index (κ1) is 27.6. The van der Waals surface area contributed by atoms with E-state index < -0.39 is 11.6 Å². The monoisotopic (exact) mass is 501 g/mol. The molecule has 0 aliphatic carbocycles. The Hall–Kier alpha value is -3.00. The second-order valence-corrected chi connectivity index (χ2v) is 9.43. The summed E-state index contributed by atoms with van der Waals surface area (Å²) < 4.78 is 34.2. The van der Waals surface area contributed by atoms with Gasteiger partial charge < -0.3 is 19.4 Å². The molecule has 36 heavy (non-hydrogen) atoms. The molecular weight excluding hydrogens is 464 g/mol. The van der Waals surface area contributed by atoms with Gasteiger partial charge in [-0.2, -0.15) is 0 Å². The molecule has 0 N–H and O–H groups in total. The Labute approximate surface area is 212 Å². The van der Waals surface area contributed by atoms with E-state index in [4.69, 9.17) is 4.74 Å². The standard InChI is InChI=1S/C28H37F2N3O3/c1-5-27(34)33-15-9-13-31(20(2)3)12-8-14-32(19-22-16-23(29)24(30)18-25(22)33)28(35)17-21-10-6-7-11-26(21)36-4/h6-7,10-11,16,18,20H,5,8-9,12-15,17,19H2,1-4H3. The molecule has 1 aliphatic heterocycles. The van der Waals surface area contributed by atoms with Gasteiger partial charge in [-0.3, -0.25) is 9.59 Å². The molecule has 6 nitrogen and oxygen atoms in total. The molecule has 0 unspecified atom stereocenters. The molecule has 8 heteroatoms. The molecule has 1 aliphatic rings. The van der Waals surface area contributed by atoms with Gasteiger partial charge in [0.05, 0.1) is 19.2 Å². The molecule has 0 bridgehead atoms. The number of hydrogen-bond donors (Lipinski definition) is 0. The minimum absolute atomic E-state index is 0.0791. The van der Waals surface area contributed by atoms with Crippen molar-refractivity contribution in [1.82, 2.24) is 9.80 Å². The number of rotatable bonds is 5. The number of methoxy groups -OCH3 is 1. The Bertz CT molecular complexity index is 1060. The second kappa shape index (κ2) is 12.8. The lowest BCUT2D eigenvalue weighted by Crippen LogP contribution is -2.41. The van der Waals surface area contributed by atoms with Crippen molar-refractivity contribution < 1.29 is 23.1 Å². The quantitative estimate of drug-likeness (QED) is 0.591. The predicted octanol–water partition coefficient (Wildman–Crippen LogP) is 4.79. The van der Waals surface area contributed by atoms with Gasteiger partial charge in [-0.1, -0.05) is 25.1 Å². The summed E-state index contributed by atoms with van der Waals surface area (Å²) in [4.78, 5) is 31.9. The van der Waals surface area contributed by atoms with E-state index in [-0.39, 0.29) is 31.2 Å². The van der Waals surface area contributed by atoms with Gasteiger partial charge in [0.15, 0.2) is 11.6 Å². The van der Waals surface area contributed by atoms with Crippen LogP contribution in [-0.4, -0.2) is 60.9 Å². The van der Waals surface area contributed by atoms with Gasteiger partial charge in [-0.25, -0.2) is 8.78 Å². The van der Waals surface area contributed by atoms with Crippen LogP contribution in [0.2, 0.25) is 0 Å². The van der Waals surface area contributed by atoms with Crippen LogP contribution in [-0.2, 0) is 22.6 Å². The molecule has 1 heterocycles. The highest BCUT2D eigenvalue weighted by Gasteiger charge is 2.25. The average molecular weight is 502 g/mol. The van der Waals surface area contributed by atoms with Crippen molar-refractivity contribution in [3.8, 4) is 5.75 Å². The molecule has 0 radical (unpaired) electrons. The molecule has 0 saturated heterocycles. The molecule has 3 rings (SSSR count). The Morgan fingerprint density at radius 2 is 1.64 bits per heavy atom. The molecule has 196 valence electrons. The second-order valence-electron chi connectivity index (χ2n) is 9.43. The first-order valence-corrected chi connectivity index (χ1v) is 12.7. The topological polar surface area (TPSA) is 53.1 Å². The van der Waals surface area contributed by atoms with Crippen LogP contribution in [0, 0.1) is 11.6 Å². The SMILES string of the molecule is CCC(=O)N1CCCN(C(C)C)CCCN(C(=O)Cc2ccccc2OC)Cc2cc(F)c(F)cc21. The predicted molar refractivity (Wildman–Crippen MR) is 137 cm³/mol. The molecule has 0 aromatic heterocycles. The zero-order chi connectivity index (χ0) is 26.2. The molecule has 0 spiro atoms. The summed E-state index contributed by atoms with van der Waals surface area (Å²) in [7, 11) is 1.56. The van der Waals surface area contributed by atoms with E-state index in [0.717, 1.165) is 37.2 Å². The molecule has 2 aromatic carbocycles. The molecule has 0 saturated carbocycles. The van der Waals surface area contributed by atoms with Crippen molar-refractivity contribution in [3.63, 3.8) is 0 Å². The summed E-state index contributed by atoms with van der Waals surface area (Å²) in [6.07, 6.45) is 1.81. The van der Waals surface area contributed by atoms with Gasteiger partial charge in [0.1, 0.15) is 5.75 Å². The number of carbonyl (C=O) groups is 2. The fraction of sp³-hybridized carbons (Fsp3) is 0.500. The summed E-state index contributed by atoms with van der Waals surface area (Å²) in [5, 5.41) is 0. The summed E-state index contributed by atoms with van der Waals surface area (Å²) in [5.41, 5.74) is 1.51. The summed E-state index contributed by atoms with van der Waals surface area (Å²) >= 11 is 0. The Morgan fingerprint density at radius 1 is 0.972 bits per heavy atom.